The Bertz CT molecular complexity index is 841. The molecule has 0 aromatic heterocycles. The summed E-state index contributed by atoms with van der Waals surface area (Å²) in [4.78, 5) is 24.3. The lowest BCUT2D eigenvalue weighted by atomic mass is 10.1. The van der Waals surface area contributed by atoms with Gasteiger partial charge in [0, 0.05) is 5.56 Å². The molecule has 2 amide bonds. The number of ether oxygens (including phenoxy) is 4. The van der Waals surface area contributed by atoms with E-state index in [0.717, 1.165) is 11.1 Å². The van der Waals surface area contributed by atoms with E-state index in [9.17, 15) is 9.59 Å². The van der Waals surface area contributed by atoms with Crippen LogP contribution in [0.2, 0.25) is 0 Å². The van der Waals surface area contributed by atoms with Crippen molar-refractivity contribution in [3.8, 4) is 23.0 Å². The van der Waals surface area contributed by atoms with Gasteiger partial charge in [0.05, 0.1) is 21.3 Å². The number of methoxy groups -OCH3 is 3. The fourth-order valence-corrected chi connectivity index (χ4v) is 2.55. The number of carbonyl (C=O) groups excluding carboxylic acids is 2. The summed E-state index contributed by atoms with van der Waals surface area (Å²) < 4.78 is 21.1. The Labute approximate surface area is 163 Å². The van der Waals surface area contributed by atoms with Crippen molar-refractivity contribution in [2.45, 2.75) is 13.8 Å². The summed E-state index contributed by atoms with van der Waals surface area (Å²) in [5, 5.41) is 0. The van der Waals surface area contributed by atoms with Crippen molar-refractivity contribution in [3.05, 3.63) is 47.0 Å². The number of rotatable bonds is 7. The van der Waals surface area contributed by atoms with E-state index in [1.807, 2.05) is 26.0 Å². The number of hydrazine groups is 1. The molecule has 0 radical (unpaired) electrons. The van der Waals surface area contributed by atoms with Gasteiger partial charge in [0.25, 0.3) is 11.8 Å². The van der Waals surface area contributed by atoms with Crippen molar-refractivity contribution in [2.75, 3.05) is 27.9 Å². The molecule has 0 saturated heterocycles. The Balaban J connectivity index is 1.96. The molecule has 8 heteroatoms. The molecule has 0 atom stereocenters. The third kappa shape index (κ3) is 5.06. The topological polar surface area (TPSA) is 95.1 Å². The van der Waals surface area contributed by atoms with Gasteiger partial charge in [-0.25, -0.2) is 0 Å². The van der Waals surface area contributed by atoms with Crippen LogP contribution in [0.4, 0.5) is 0 Å². The van der Waals surface area contributed by atoms with Crippen LogP contribution in [-0.2, 0) is 4.79 Å². The Kier molecular flexibility index (Phi) is 7.08. The smallest absolute Gasteiger partial charge is 0.276 e. The molecule has 8 nitrogen and oxygen atoms in total. The van der Waals surface area contributed by atoms with Gasteiger partial charge in [-0.1, -0.05) is 17.7 Å². The molecule has 0 unspecified atom stereocenters. The molecule has 0 saturated carbocycles. The molecular weight excluding hydrogens is 364 g/mol. The second kappa shape index (κ2) is 9.50. The number of carbonyl (C=O) groups is 2. The van der Waals surface area contributed by atoms with Crippen molar-refractivity contribution in [1.82, 2.24) is 10.9 Å². The summed E-state index contributed by atoms with van der Waals surface area (Å²) in [6.07, 6.45) is 0. The van der Waals surface area contributed by atoms with Gasteiger partial charge < -0.3 is 18.9 Å². The van der Waals surface area contributed by atoms with Gasteiger partial charge in [0.1, 0.15) is 5.75 Å². The Hall–Kier alpha value is -3.42. The second-order valence-corrected chi connectivity index (χ2v) is 5.97. The Morgan fingerprint density at radius 3 is 2.04 bits per heavy atom. The standard InChI is InChI=1S/C20H24N2O6/c1-12-6-7-15(13(2)8-12)28-11-18(23)21-22-20(24)14-9-16(25-3)19(27-5)17(10-14)26-4/h6-10H,11H2,1-5H3,(H,21,23)(H,22,24). The van der Waals surface area contributed by atoms with Gasteiger partial charge >= 0.3 is 0 Å². The number of benzene rings is 2. The first kappa shape index (κ1) is 20.9. The first-order valence-electron chi connectivity index (χ1n) is 8.48. The maximum absolute atomic E-state index is 12.3. The lowest BCUT2D eigenvalue weighted by Gasteiger charge is -2.14. The number of hydrogen-bond donors (Lipinski definition) is 2. The summed E-state index contributed by atoms with van der Waals surface area (Å²) in [5.74, 6) is 0.594. The van der Waals surface area contributed by atoms with Crippen LogP contribution < -0.4 is 29.8 Å². The largest absolute Gasteiger partial charge is 0.493 e. The number of amides is 2. The van der Waals surface area contributed by atoms with Gasteiger partial charge in [-0.05, 0) is 37.6 Å². The van der Waals surface area contributed by atoms with Crippen LogP contribution >= 0.6 is 0 Å². The van der Waals surface area contributed by atoms with E-state index in [2.05, 4.69) is 10.9 Å². The van der Waals surface area contributed by atoms with Crippen molar-refractivity contribution >= 4 is 11.8 Å². The molecule has 2 rings (SSSR count). The third-order valence-corrected chi connectivity index (χ3v) is 3.93. The molecule has 0 spiro atoms. The van der Waals surface area contributed by atoms with Crippen LogP contribution in [0.1, 0.15) is 21.5 Å². The zero-order valence-corrected chi connectivity index (χ0v) is 16.5. The molecule has 0 aliphatic heterocycles. The van der Waals surface area contributed by atoms with Gasteiger partial charge in [-0.2, -0.15) is 0 Å². The highest BCUT2D eigenvalue weighted by Crippen LogP contribution is 2.38. The number of hydrogen-bond acceptors (Lipinski definition) is 6. The fraction of sp³-hybridized carbons (Fsp3) is 0.300. The minimum absolute atomic E-state index is 0.227. The molecule has 28 heavy (non-hydrogen) atoms. The normalized spacial score (nSPS) is 10.0. The molecule has 2 N–H and O–H groups in total. The van der Waals surface area contributed by atoms with Crippen LogP contribution in [0, 0.1) is 13.8 Å². The average molecular weight is 388 g/mol. The predicted molar refractivity (Wildman–Crippen MR) is 103 cm³/mol. The van der Waals surface area contributed by atoms with Crippen LogP contribution in [0.15, 0.2) is 30.3 Å². The first-order valence-corrected chi connectivity index (χ1v) is 8.48. The molecule has 0 fully saturated rings. The van der Waals surface area contributed by atoms with E-state index in [1.165, 1.54) is 33.5 Å². The molecule has 2 aromatic carbocycles. The molecule has 0 aliphatic carbocycles. The number of aryl methyl sites for hydroxylation is 2. The predicted octanol–water partition coefficient (Wildman–Crippen LogP) is 2.17. The molecule has 2 aromatic rings. The number of nitrogens with one attached hydrogen (secondary N) is 2. The Morgan fingerprint density at radius 1 is 0.857 bits per heavy atom. The van der Waals surface area contributed by atoms with E-state index in [1.54, 1.807) is 6.07 Å². The summed E-state index contributed by atoms with van der Waals surface area (Å²) in [6, 6.07) is 8.61. The maximum atomic E-state index is 12.3. The second-order valence-electron chi connectivity index (χ2n) is 5.97. The lowest BCUT2D eigenvalue weighted by molar-refractivity contribution is -0.123. The lowest BCUT2D eigenvalue weighted by Crippen LogP contribution is -2.43. The minimum Gasteiger partial charge on any atom is -0.493 e. The zero-order valence-electron chi connectivity index (χ0n) is 16.5. The van der Waals surface area contributed by atoms with Crippen LogP contribution in [0.3, 0.4) is 0 Å². The average Bonchev–Trinajstić information content (AvgIpc) is 2.69. The van der Waals surface area contributed by atoms with Gasteiger partial charge in [-0.3, -0.25) is 20.4 Å². The van der Waals surface area contributed by atoms with Crippen molar-refractivity contribution < 1.29 is 28.5 Å². The molecule has 0 heterocycles. The van der Waals surface area contributed by atoms with Crippen LogP contribution in [0.25, 0.3) is 0 Å². The highest BCUT2D eigenvalue weighted by molar-refractivity contribution is 5.96. The molecule has 0 aliphatic rings. The van der Waals surface area contributed by atoms with Crippen LogP contribution in [-0.4, -0.2) is 39.8 Å². The van der Waals surface area contributed by atoms with E-state index in [4.69, 9.17) is 18.9 Å². The first-order chi connectivity index (χ1) is 13.4. The van der Waals surface area contributed by atoms with Gasteiger partial charge in [-0.15, -0.1) is 0 Å². The minimum atomic E-state index is -0.542. The van der Waals surface area contributed by atoms with Crippen molar-refractivity contribution in [3.63, 3.8) is 0 Å². The van der Waals surface area contributed by atoms with E-state index >= 15 is 0 Å². The third-order valence-electron chi connectivity index (χ3n) is 3.93. The fourth-order valence-electron chi connectivity index (χ4n) is 2.55. The van der Waals surface area contributed by atoms with E-state index in [-0.39, 0.29) is 12.2 Å². The monoisotopic (exact) mass is 388 g/mol. The quantitative estimate of drug-likeness (QED) is 0.706. The van der Waals surface area contributed by atoms with E-state index in [0.29, 0.717) is 23.0 Å². The summed E-state index contributed by atoms with van der Waals surface area (Å²) >= 11 is 0. The van der Waals surface area contributed by atoms with Crippen molar-refractivity contribution in [2.24, 2.45) is 0 Å². The Morgan fingerprint density at radius 2 is 1.50 bits per heavy atom. The van der Waals surface area contributed by atoms with Crippen LogP contribution in [0.5, 0.6) is 23.0 Å². The summed E-state index contributed by atoms with van der Waals surface area (Å²) in [7, 11) is 4.37. The highest BCUT2D eigenvalue weighted by atomic mass is 16.5. The maximum Gasteiger partial charge on any atom is 0.276 e. The summed E-state index contributed by atoms with van der Waals surface area (Å²) in [5.41, 5.74) is 6.89. The SMILES string of the molecule is COc1cc(C(=O)NNC(=O)COc2ccc(C)cc2C)cc(OC)c1OC. The summed E-state index contributed by atoms with van der Waals surface area (Å²) in [6.45, 7) is 3.63. The molecule has 0 bridgehead atoms. The highest BCUT2D eigenvalue weighted by Gasteiger charge is 2.17. The van der Waals surface area contributed by atoms with Gasteiger partial charge in [0.2, 0.25) is 5.75 Å². The van der Waals surface area contributed by atoms with E-state index < -0.39 is 11.8 Å². The zero-order chi connectivity index (χ0) is 20.7. The van der Waals surface area contributed by atoms with Gasteiger partial charge in [0.15, 0.2) is 18.1 Å². The molecular formula is C20H24N2O6. The van der Waals surface area contributed by atoms with Crippen molar-refractivity contribution in [1.29, 1.82) is 0 Å². The molecule has 150 valence electrons.